The second-order valence-electron chi connectivity index (χ2n) is 6.95. The van der Waals surface area contributed by atoms with E-state index in [1.165, 1.54) is 7.11 Å². The lowest BCUT2D eigenvalue weighted by Crippen LogP contribution is -2.50. The molecule has 1 heterocycles. The molecule has 140 valence electrons. The minimum atomic E-state index is -0.477. The number of carbonyl (C=O) groups excluding carboxylic acids is 2. The Morgan fingerprint density at radius 2 is 1.68 bits per heavy atom. The number of aryl methyl sites for hydroxylation is 1. The second kappa shape index (κ2) is 8.43. The number of ether oxygens (including phenoxy) is 2. The summed E-state index contributed by atoms with van der Waals surface area (Å²) in [4.78, 5) is 27.7. The number of esters is 1. The van der Waals surface area contributed by atoms with Gasteiger partial charge in [0.05, 0.1) is 12.7 Å². The highest BCUT2D eigenvalue weighted by Gasteiger charge is 2.26. The molecule has 6 nitrogen and oxygen atoms in total. The Hall–Kier alpha value is -1.95. The fourth-order valence-corrected chi connectivity index (χ4v) is 2.66. The standard InChI is InChI=1S/C18H26N2O4.ClH/c1-13-12-14(6-7-15(13)16(21)23-5)19-8-10-20(11-9-19)17(22)24-18(2,3)4;/h6-7,12H,8-11H2,1-5H3;1H. The molecule has 2 rings (SSSR count). The molecule has 1 amide bonds. The monoisotopic (exact) mass is 370 g/mol. The van der Waals surface area contributed by atoms with E-state index in [1.54, 1.807) is 11.0 Å². The third-order valence-electron chi connectivity index (χ3n) is 3.91. The molecule has 0 N–H and O–H groups in total. The Kier molecular flexibility index (Phi) is 7.11. The third-order valence-corrected chi connectivity index (χ3v) is 3.91. The van der Waals surface area contributed by atoms with Crippen molar-refractivity contribution < 1.29 is 19.1 Å². The van der Waals surface area contributed by atoms with Crippen LogP contribution in [-0.4, -0.2) is 55.9 Å². The van der Waals surface area contributed by atoms with Gasteiger partial charge in [-0.05, 0) is 51.5 Å². The van der Waals surface area contributed by atoms with Crippen LogP contribution in [0.3, 0.4) is 0 Å². The van der Waals surface area contributed by atoms with Gasteiger partial charge in [-0.25, -0.2) is 9.59 Å². The molecular formula is C18H27ClN2O4. The Morgan fingerprint density at radius 3 is 2.16 bits per heavy atom. The lowest BCUT2D eigenvalue weighted by molar-refractivity contribution is 0.0240. The molecule has 1 aliphatic heterocycles. The van der Waals surface area contributed by atoms with Crippen molar-refractivity contribution in [2.45, 2.75) is 33.3 Å². The van der Waals surface area contributed by atoms with E-state index >= 15 is 0 Å². The summed E-state index contributed by atoms with van der Waals surface area (Å²) >= 11 is 0. The summed E-state index contributed by atoms with van der Waals surface area (Å²) in [6, 6.07) is 5.69. The maximum absolute atomic E-state index is 12.1. The van der Waals surface area contributed by atoms with Gasteiger partial charge in [-0.1, -0.05) is 0 Å². The number of benzene rings is 1. The van der Waals surface area contributed by atoms with Gasteiger partial charge in [-0.15, -0.1) is 12.4 Å². The number of amides is 1. The van der Waals surface area contributed by atoms with E-state index in [9.17, 15) is 9.59 Å². The van der Waals surface area contributed by atoms with Crippen LogP contribution < -0.4 is 4.90 Å². The molecule has 25 heavy (non-hydrogen) atoms. The fraction of sp³-hybridized carbons (Fsp3) is 0.556. The van der Waals surface area contributed by atoms with E-state index in [0.29, 0.717) is 18.7 Å². The first kappa shape index (κ1) is 21.1. The lowest BCUT2D eigenvalue weighted by atomic mass is 10.1. The summed E-state index contributed by atoms with van der Waals surface area (Å²) in [5, 5.41) is 0. The van der Waals surface area contributed by atoms with Gasteiger partial charge >= 0.3 is 12.1 Å². The molecule has 0 aliphatic carbocycles. The molecule has 0 radical (unpaired) electrons. The smallest absolute Gasteiger partial charge is 0.410 e. The molecule has 0 atom stereocenters. The van der Waals surface area contributed by atoms with Gasteiger partial charge in [0.1, 0.15) is 5.60 Å². The van der Waals surface area contributed by atoms with Crippen molar-refractivity contribution in [3.05, 3.63) is 29.3 Å². The Bertz CT molecular complexity index is 620. The van der Waals surface area contributed by atoms with E-state index in [0.717, 1.165) is 24.3 Å². The largest absolute Gasteiger partial charge is 0.465 e. The predicted octanol–water partition coefficient (Wildman–Crippen LogP) is 3.26. The lowest BCUT2D eigenvalue weighted by Gasteiger charge is -2.37. The number of hydrogen-bond acceptors (Lipinski definition) is 5. The zero-order valence-electron chi connectivity index (χ0n) is 15.5. The number of rotatable bonds is 2. The van der Waals surface area contributed by atoms with Crippen molar-refractivity contribution >= 4 is 30.2 Å². The zero-order chi connectivity index (χ0) is 17.9. The number of hydrogen-bond donors (Lipinski definition) is 0. The van der Waals surface area contributed by atoms with Crippen molar-refractivity contribution in [2.24, 2.45) is 0 Å². The van der Waals surface area contributed by atoms with Crippen molar-refractivity contribution in [1.82, 2.24) is 4.90 Å². The van der Waals surface area contributed by atoms with Gasteiger partial charge < -0.3 is 19.3 Å². The zero-order valence-corrected chi connectivity index (χ0v) is 16.3. The average molecular weight is 371 g/mol. The molecule has 0 unspecified atom stereocenters. The fourth-order valence-electron chi connectivity index (χ4n) is 2.66. The van der Waals surface area contributed by atoms with E-state index in [2.05, 4.69) is 4.90 Å². The number of piperazine rings is 1. The van der Waals surface area contributed by atoms with Crippen LogP contribution >= 0.6 is 12.4 Å². The molecule has 0 spiro atoms. The SMILES string of the molecule is COC(=O)c1ccc(N2CCN(C(=O)OC(C)(C)C)CC2)cc1C.Cl. The maximum atomic E-state index is 12.1. The first-order chi connectivity index (χ1) is 11.2. The average Bonchev–Trinajstić information content (AvgIpc) is 2.52. The molecule has 0 saturated carbocycles. The van der Waals surface area contributed by atoms with Gasteiger partial charge in [0.25, 0.3) is 0 Å². The minimum absolute atomic E-state index is 0. The van der Waals surface area contributed by atoms with Crippen LogP contribution in [0.2, 0.25) is 0 Å². The van der Waals surface area contributed by atoms with Gasteiger partial charge in [0.15, 0.2) is 0 Å². The Balaban J connectivity index is 0.00000312. The summed E-state index contributed by atoms with van der Waals surface area (Å²) in [6.45, 7) is 10.2. The molecule has 0 aromatic heterocycles. The summed E-state index contributed by atoms with van der Waals surface area (Å²) < 4.78 is 10.2. The van der Waals surface area contributed by atoms with E-state index in [1.807, 2.05) is 39.8 Å². The van der Waals surface area contributed by atoms with Crippen molar-refractivity contribution in [2.75, 3.05) is 38.2 Å². The Labute approximate surface area is 155 Å². The normalized spacial score (nSPS) is 14.6. The number of carbonyl (C=O) groups is 2. The molecule has 1 aliphatic rings. The molecule has 1 aromatic rings. The van der Waals surface area contributed by atoms with Crippen LogP contribution in [0.4, 0.5) is 10.5 Å². The van der Waals surface area contributed by atoms with Crippen LogP contribution in [0.15, 0.2) is 18.2 Å². The summed E-state index contributed by atoms with van der Waals surface area (Å²) in [5.41, 5.74) is 2.03. The number of nitrogens with zero attached hydrogens (tertiary/aromatic N) is 2. The molecule has 1 fully saturated rings. The highest BCUT2D eigenvalue weighted by Crippen LogP contribution is 2.22. The highest BCUT2D eigenvalue weighted by molar-refractivity contribution is 5.91. The molecule has 1 aromatic carbocycles. The van der Waals surface area contributed by atoms with Crippen LogP contribution in [-0.2, 0) is 9.47 Å². The van der Waals surface area contributed by atoms with Crippen molar-refractivity contribution in [1.29, 1.82) is 0 Å². The quantitative estimate of drug-likeness (QED) is 0.748. The van der Waals surface area contributed by atoms with Gasteiger partial charge in [0.2, 0.25) is 0 Å². The van der Waals surface area contributed by atoms with Gasteiger partial charge in [-0.3, -0.25) is 0 Å². The third kappa shape index (κ3) is 5.53. The maximum Gasteiger partial charge on any atom is 0.410 e. The van der Waals surface area contributed by atoms with Crippen LogP contribution in [0.5, 0.6) is 0 Å². The first-order valence-electron chi connectivity index (χ1n) is 8.13. The number of anilines is 1. The molecule has 1 saturated heterocycles. The predicted molar refractivity (Wildman–Crippen MR) is 99.8 cm³/mol. The number of methoxy groups -OCH3 is 1. The van der Waals surface area contributed by atoms with Crippen LogP contribution in [0.25, 0.3) is 0 Å². The summed E-state index contributed by atoms with van der Waals surface area (Å²) in [7, 11) is 1.38. The van der Waals surface area contributed by atoms with E-state index in [-0.39, 0.29) is 24.5 Å². The minimum Gasteiger partial charge on any atom is -0.465 e. The molecular weight excluding hydrogens is 344 g/mol. The first-order valence-corrected chi connectivity index (χ1v) is 8.13. The van der Waals surface area contributed by atoms with Gasteiger partial charge in [-0.2, -0.15) is 0 Å². The van der Waals surface area contributed by atoms with Crippen LogP contribution in [0.1, 0.15) is 36.7 Å². The number of halogens is 1. The molecule has 7 heteroatoms. The summed E-state index contributed by atoms with van der Waals surface area (Å²) in [5.74, 6) is -0.325. The second-order valence-corrected chi connectivity index (χ2v) is 6.95. The summed E-state index contributed by atoms with van der Waals surface area (Å²) in [6.07, 6.45) is -0.264. The highest BCUT2D eigenvalue weighted by atomic mass is 35.5. The van der Waals surface area contributed by atoms with Crippen molar-refractivity contribution in [3.63, 3.8) is 0 Å². The van der Waals surface area contributed by atoms with E-state index < -0.39 is 5.60 Å². The topological polar surface area (TPSA) is 59.1 Å². The molecule has 0 bridgehead atoms. The van der Waals surface area contributed by atoms with Crippen LogP contribution in [0, 0.1) is 6.92 Å². The van der Waals surface area contributed by atoms with Gasteiger partial charge in [0, 0.05) is 31.9 Å². The Morgan fingerprint density at radius 1 is 1.08 bits per heavy atom. The van der Waals surface area contributed by atoms with E-state index in [4.69, 9.17) is 9.47 Å². The van der Waals surface area contributed by atoms with Crippen molar-refractivity contribution in [3.8, 4) is 0 Å².